The molecule has 0 bridgehead atoms. The number of hydrogen-bond acceptors (Lipinski definition) is 1. The van der Waals surface area contributed by atoms with Gasteiger partial charge in [0.2, 0.25) is 0 Å². The Kier molecular flexibility index (Phi) is 3.26. The van der Waals surface area contributed by atoms with Gasteiger partial charge in [0.1, 0.15) is 5.78 Å². The van der Waals surface area contributed by atoms with E-state index in [9.17, 15) is 4.79 Å². The molecule has 1 rings (SSSR count). The van der Waals surface area contributed by atoms with Gasteiger partial charge >= 0.3 is 0 Å². The van der Waals surface area contributed by atoms with Crippen LogP contribution in [0.15, 0.2) is 24.3 Å². The number of hydrogen-bond donors (Lipinski definition) is 0. The Morgan fingerprint density at radius 1 is 1.50 bits per heavy atom. The van der Waals surface area contributed by atoms with Crippen LogP contribution in [0.5, 0.6) is 0 Å². The topological polar surface area (TPSA) is 17.1 Å². The maximum Gasteiger partial charge on any atom is 0.136 e. The number of benzene rings is 1. The first-order valence-electron chi connectivity index (χ1n) is 3.87. The van der Waals surface area contributed by atoms with Crippen LogP contribution in [0, 0.1) is 3.57 Å². The summed E-state index contributed by atoms with van der Waals surface area (Å²) >= 11 is 2.25. The molecule has 0 saturated carbocycles. The minimum Gasteiger partial charge on any atom is -0.299 e. The van der Waals surface area contributed by atoms with E-state index in [0.29, 0.717) is 0 Å². The zero-order valence-corrected chi connectivity index (χ0v) is 9.33. The molecule has 0 aromatic heterocycles. The molecule has 0 aliphatic heterocycles. The summed E-state index contributed by atoms with van der Waals surface area (Å²) in [6, 6.07) is 8.05. The van der Waals surface area contributed by atoms with Crippen LogP contribution in [0.3, 0.4) is 0 Å². The van der Waals surface area contributed by atoms with Crippen LogP contribution >= 0.6 is 22.6 Å². The Morgan fingerprint density at radius 2 is 2.17 bits per heavy atom. The summed E-state index contributed by atoms with van der Waals surface area (Å²) in [5.74, 6) is 0.247. The lowest BCUT2D eigenvalue weighted by Crippen LogP contribution is -2.03. The fraction of sp³-hybridized carbons (Fsp3) is 0.300. The number of carbonyl (C=O) groups is 1. The molecule has 0 radical (unpaired) electrons. The van der Waals surface area contributed by atoms with Crippen molar-refractivity contribution in [2.45, 2.75) is 19.8 Å². The van der Waals surface area contributed by atoms with Gasteiger partial charge < -0.3 is 0 Å². The molecule has 0 heterocycles. The summed E-state index contributed by atoms with van der Waals surface area (Å²) in [6.07, 6.45) is 0. The van der Waals surface area contributed by atoms with E-state index in [1.807, 2.05) is 31.2 Å². The van der Waals surface area contributed by atoms with E-state index in [1.165, 1.54) is 3.57 Å². The Bertz CT molecular complexity index is 294. The second-order valence-electron chi connectivity index (χ2n) is 2.89. The van der Waals surface area contributed by atoms with Crippen molar-refractivity contribution in [1.82, 2.24) is 0 Å². The third kappa shape index (κ3) is 2.30. The maximum absolute atomic E-state index is 11.1. The summed E-state index contributed by atoms with van der Waals surface area (Å²) < 4.78 is 1.18. The van der Waals surface area contributed by atoms with E-state index >= 15 is 0 Å². The Labute approximate surface area is 86.3 Å². The fourth-order valence-electron chi connectivity index (χ4n) is 1.01. The number of ketones is 1. The first-order chi connectivity index (χ1) is 5.61. The van der Waals surface area contributed by atoms with Crippen LogP contribution in [-0.4, -0.2) is 5.78 Å². The molecule has 1 aromatic carbocycles. The van der Waals surface area contributed by atoms with Gasteiger partial charge in [0, 0.05) is 9.49 Å². The van der Waals surface area contributed by atoms with Crippen LogP contribution in [0.2, 0.25) is 0 Å². The zero-order valence-electron chi connectivity index (χ0n) is 7.17. The third-order valence-corrected chi connectivity index (χ3v) is 2.63. The van der Waals surface area contributed by atoms with Crippen LogP contribution in [-0.2, 0) is 4.79 Å². The van der Waals surface area contributed by atoms with Gasteiger partial charge in [0.25, 0.3) is 0 Å². The predicted molar refractivity (Wildman–Crippen MR) is 58.3 cm³/mol. The molecular weight excluding hydrogens is 263 g/mol. The van der Waals surface area contributed by atoms with E-state index < -0.39 is 0 Å². The molecule has 0 spiro atoms. The van der Waals surface area contributed by atoms with Gasteiger partial charge in [0.05, 0.1) is 0 Å². The van der Waals surface area contributed by atoms with Crippen LogP contribution in [0.1, 0.15) is 25.3 Å². The minimum absolute atomic E-state index is 0.0275. The summed E-state index contributed by atoms with van der Waals surface area (Å²) in [7, 11) is 0. The smallest absolute Gasteiger partial charge is 0.136 e. The Morgan fingerprint density at radius 3 is 2.67 bits per heavy atom. The summed E-state index contributed by atoms with van der Waals surface area (Å²) in [6.45, 7) is 3.57. The second kappa shape index (κ2) is 4.03. The van der Waals surface area contributed by atoms with Gasteiger partial charge in [-0.2, -0.15) is 0 Å². The molecule has 0 saturated heterocycles. The molecule has 1 nitrogen and oxygen atoms in total. The van der Waals surface area contributed by atoms with Gasteiger partial charge in [-0.3, -0.25) is 4.79 Å². The lowest BCUT2D eigenvalue weighted by atomic mass is 9.98. The van der Waals surface area contributed by atoms with Crippen LogP contribution < -0.4 is 0 Å². The maximum atomic E-state index is 11.1. The SMILES string of the molecule is CC(=O)C(C)c1cccc(I)c1. The number of halogens is 1. The average Bonchev–Trinajstić information content (AvgIpc) is 2.03. The lowest BCUT2D eigenvalue weighted by Gasteiger charge is -2.07. The monoisotopic (exact) mass is 274 g/mol. The number of Topliss-reactive ketones (excluding diaryl/α,β-unsaturated/α-hetero) is 1. The van der Waals surface area contributed by atoms with Crippen molar-refractivity contribution in [3.05, 3.63) is 33.4 Å². The summed E-state index contributed by atoms with van der Waals surface area (Å²) in [5, 5.41) is 0. The van der Waals surface area contributed by atoms with Crippen LogP contribution in [0.4, 0.5) is 0 Å². The minimum atomic E-state index is 0.0275. The van der Waals surface area contributed by atoms with Crippen molar-refractivity contribution in [2.24, 2.45) is 0 Å². The molecule has 0 N–H and O–H groups in total. The highest BCUT2D eigenvalue weighted by Crippen LogP contribution is 2.18. The quantitative estimate of drug-likeness (QED) is 0.758. The molecule has 1 atom stereocenters. The first-order valence-corrected chi connectivity index (χ1v) is 4.95. The normalized spacial score (nSPS) is 12.6. The largest absolute Gasteiger partial charge is 0.299 e. The van der Waals surface area contributed by atoms with Crippen molar-refractivity contribution >= 4 is 28.4 Å². The van der Waals surface area contributed by atoms with E-state index in [0.717, 1.165) is 5.56 Å². The van der Waals surface area contributed by atoms with Gasteiger partial charge in [-0.1, -0.05) is 19.1 Å². The van der Waals surface area contributed by atoms with Crippen molar-refractivity contribution in [1.29, 1.82) is 0 Å². The highest BCUT2D eigenvalue weighted by Gasteiger charge is 2.09. The van der Waals surface area contributed by atoms with E-state index in [-0.39, 0.29) is 11.7 Å². The Balaban J connectivity index is 2.95. The number of rotatable bonds is 2. The van der Waals surface area contributed by atoms with Gasteiger partial charge in [0.15, 0.2) is 0 Å². The molecule has 64 valence electrons. The van der Waals surface area contributed by atoms with Crippen LogP contribution in [0.25, 0.3) is 0 Å². The predicted octanol–water partition coefficient (Wildman–Crippen LogP) is 2.98. The van der Waals surface area contributed by atoms with Crippen molar-refractivity contribution in [3.8, 4) is 0 Å². The van der Waals surface area contributed by atoms with Crippen molar-refractivity contribution in [3.63, 3.8) is 0 Å². The fourth-order valence-corrected chi connectivity index (χ4v) is 1.58. The molecule has 1 aromatic rings. The van der Waals surface area contributed by atoms with Gasteiger partial charge in [-0.15, -0.1) is 0 Å². The zero-order chi connectivity index (χ0) is 9.14. The first kappa shape index (κ1) is 9.71. The average molecular weight is 274 g/mol. The molecule has 2 heteroatoms. The molecule has 0 aliphatic rings. The lowest BCUT2D eigenvalue weighted by molar-refractivity contribution is -0.118. The molecule has 0 fully saturated rings. The number of carbonyl (C=O) groups excluding carboxylic acids is 1. The van der Waals surface area contributed by atoms with Gasteiger partial charge in [-0.25, -0.2) is 0 Å². The van der Waals surface area contributed by atoms with Crippen molar-refractivity contribution in [2.75, 3.05) is 0 Å². The Hall–Kier alpha value is -0.380. The summed E-state index contributed by atoms with van der Waals surface area (Å²) in [5.41, 5.74) is 1.11. The van der Waals surface area contributed by atoms with E-state index in [2.05, 4.69) is 22.6 Å². The highest BCUT2D eigenvalue weighted by molar-refractivity contribution is 14.1. The highest BCUT2D eigenvalue weighted by atomic mass is 127. The van der Waals surface area contributed by atoms with E-state index in [1.54, 1.807) is 6.92 Å². The summed E-state index contributed by atoms with van der Waals surface area (Å²) in [4.78, 5) is 11.1. The second-order valence-corrected chi connectivity index (χ2v) is 4.13. The molecular formula is C10H11IO. The molecule has 12 heavy (non-hydrogen) atoms. The molecule has 0 aliphatic carbocycles. The van der Waals surface area contributed by atoms with E-state index in [4.69, 9.17) is 0 Å². The third-order valence-electron chi connectivity index (χ3n) is 1.96. The van der Waals surface area contributed by atoms with Gasteiger partial charge in [-0.05, 0) is 47.2 Å². The molecule has 0 amide bonds. The molecule has 1 unspecified atom stereocenters. The van der Waals surface area contributed by atoms with Crippen molar-refractivity contribution < 1.29 is 4.79 Å². The standard InChI is InChI=1S/C10H11IO/c1-7(8(2)12)9-4-3-5-10(11)6-9/h3-7H,1-2H3.